The largest absolute Gasteiger partial charge is 0.324 e. The number of halogens is 1. The quantitative estimate of drug-likeness (QED) is 0.877. The second-order valence-corrected chi connectivity index (χ2v) is 5.00. The Morgan fingerprint density at radius 1 is 1.35 bits per heavy atom. The molecule has 0 fully saturated rings. The summed E-state index contributed by atoms with van der Waals surface area (Å²) in [5.74, 6) is 2.20. The van der Waals surface area contributed by atoms with Gasteiger partial charge in [0, 0.05) is 28.0 Å². The van der Waals surface area contributed by atoms with Crippen LogP contribution in [0.4, 0.5) is 5.69 Å². The molecule has 20 heavy (non-hydrogen) atoms. The predicted octanol–water partition coefficient (Wildman–Crippen LogP) is 2.23. The Balaban J connectivity index is 2.11. The average molecular weight is 331 g/mol. The van der Waals surface area contributed by atoms with E-state index in [-0.39, 0.29) is 18.0 Å². The Morgan fingerprint density at radius 3 is 2.90 bits per heavy atom. The van der Waals surface area contributed by atoms with E-state index in [1.165, 1.54) is 10.6 Å². The van der Waals surface area contributed by atoms with Crippen molar-refractivity contribution >= 4 is 27.5 Å². The minimum Gasteiger partial charge on any atom is -0.324 e. The van der Waals surface area contributed by atoms with Crippen LogP contribution in [0.3, 0.4) is 0 Å². The van der Waals surface area contributed by atoms with Gasteiger partial charge in [0.1, 0.15) is 6.54 Å². The van der Waals surface area contributed by atoms with E-state index in [4.69, 9.17) is 6.42 Å². The second-order valence-electron chi connectivity index (χ2n) is 4.09. The summed E-state index contributed by atoms with van der Waals surface area (Å²) in [6.07, 6.45) is 6.87. The van der Waals surface area contributed by atoms with Gasteiger partial charge in [-0.1, -0.05) is 12.0 Å². The first-order valence-corrected chi connectivity index (χ1v) is 6.60. The molecule has 1 amide bonds. The van der Waals surface area contributed by atoms with Crippen LogP contribution in [0.15, 0.2) is 51.9 Å². The lowest BCUT2D eigenvalue weighted by molar-refractivity contribution is -0.116. The Kier molecular flexibility index (Phi) is 4.38. The molecule has 100 valence electrons. The molecule has 0 radical (unpaired) electrons. The molecule has 4 nitrogen and oxygen atoms in total. The lowest BCUT2D eigenvalue weighted by Gasteiger charge is -2.08. The zero-order valence-corrected chi connectivity index (χ0v) is 12.1. The maximum Gasteiger partial charge on any atom is 0.251 e. The molecule has 0 saturated carbocycles. The lowest BCUT2D eigenvalue weighted by atomic mass is 10.2. The highest BCUT2D eigenvalue weighted by molar-refractivity contribution is 9.10. The number of hydrogen-bond acceptors (Lipinski definition) is 2. The van der Waals surface area contributed by atoms with E-state index in [2.05, 4.69) is 27.2 Å². The molecule has 1 N–H and O–H groups in total. The fourth-order valence-corrected chi connectivity index (χ4v) is 2.05. The minimum absolute atomic E-state index is 0.0570. The number of benzene rings is 1. The normalized spacial score (nSPS) is 9.80. The molecule has 0 atom stereocenters. The number of aromatic nitrogens is 1. The highest BCUT2D eigenvalue weighted by Gasteiger charge is 2.05. The van der Waals surface area contributed by atoms with E-state index in [0.717, 1.165) is 4.47 Å². The number of nitrogens with zero attached hydrogens (tertiary/aromatic N) is 1. The third kappa shape index (κ3) is 3.59. The summed E-state index contributed by atoms with van der Waals surface area (Å²) < 4.78 is 2.06. The molecule has 0 spiro atoms. The van der Waals surface area contributed by atoms with Gasteiger partial charge in [0.15, 0.2) is 0 Å². The Labute approximate surface area is 124 Å². The van der Waals surface area contributed by atoms with Crippen molar-refractivity contribution in [2.24, 2.45) is 0 Å². The molecule has 0 bridgehead atoms. The zero-order valence-electron chi connectivity index (χ0n) is 10.5. The lowest BCUT2D eigenvalue weighted by Crippen LogP contribution is -2.26. The molecular formula is C15H11BrN2O2. The predicted molar refractivity (Wildman–Crippen MR) is 81.4 cm³/mol. The first-order valence-electron chi connectivity index (χ1n) is 5.81. The van der Waals surface area contributed by atoms with Gasteiger partial charge in [-0.15, -0.1) is 6.42 Å². The van der Waals surface area contributed by atoms with Crippen LogP contribution in [0, 0.1) is 12.3 Å². The van der Waals surface area contributed by atoms with Gasteiger partial charge in [0.05, 0.1) is 0 Å². The van der Waals surface area contributed by atoms with Crippen molar-refractivity contribution in [3.63, 3.8) is 0 Å². The Hall–Kier alpha value is -2.32. The zero-order chi connectivity index (χ0) is 14.5. The minimum atomic E-state index is -0.292. The summed E-state index contributed by atoms with van der Waals surface area (Å²) in [6.45, 7) is -0.0570. The molecule has 2 rings (SSSR count). The van der Waals surface area contributed by atoms with Crippen LogP contribution in [0.25, 0.3) is 0 Å². The van der Waals surface area contributed by atoms with E-state index in [0.29, 0.717) is 11.3 Å². The van der Waals surface area contributed by atoms with Crippen LogP contribution < -0.4 is 10.9 Å². The van der Waals surface area contributed by atoms with Gasteiger partial charge in [0.25, 0.3) is 5.56 Å². The summed E-state index contributed by atoms with van der Waals surface area (Å²) in [5.41, 5.74) is 1.05. The number of terminal acetylenes is 1. The van der Waals surface area contributed by atoms with E-state index < -0.39 is 0 Å². The molecular weight excluding hydrogens is 320 g/mol. The van der Waals surface area contributed by atoms with Crippen LogP contribution in [0.5, 0.6) is 0 Å². The Bertz CT molecular complexity index is 744. The van der Waals surface area contributed by atoms with Crippen LogP contribution >= 0.6 is 15.9 Å². The first-order chi connectivity index (χ1) is 9.58. The van der Waals surface area contributed by atoms with Gasteiger partial charge < -0.3 is 9.88 Å². The van der Waals surface area contributed by atoms with E-state index >= 15 is 0 Å². The summed E-state index contributed by atoms with van der Waals surface area (Å²) in [5, 5.41) is 2.70. The molecule has 5 heteroatoms. The summed E-state index contributed by atoms with van der Waals surface area (Å²) in [7, 11) is 0. The van der Waals surface area contributed by atoms with Gasteiger partial charge >= 0.3 is 0 Å². The maximum atomic E-state index is 11.9. The van der Waals surface area contributed by atoms with E-state index in [1.54, 1.807) is 36.5 Å². The summed E-state index contributed by atoms with van der Waals surface area (Å²) in [6, 6.07) is 10.00. The SMILES string of the molecule is C#Cc1cccc(NC(=O)Cn2cc(Br)ccc2=O)c1. The van der Waals surface area contributed by atoms with Crippen molar-refractivity contribution < 1.29 is 4.79 Å². The highest BCUT2D eigenvalue weighted by Crippen LogP contribution is 2.10. The smallest absolute Gasteiger partial charge is 0.251 e. The summed E-state index contributed by atoms with van der Waals surface area (Å²) >= 11 is 3.26. The third-order valence-corrected chi connectivity index (χ3v) is 3.04. The molecule has 2 aromatic rings. The molecule has 0 saturated heterocycles. The molecule has 0 aliphatic heterocycles. The number of hydrogen-bond donors (Lipinski definition) is 1. The highest BCUT2D eigenvalue weighted by atomic mass is 79.9. The fraction of sp³-hybridized carbons (Fsp3) is 0.0667. The number of pyridine rings is 1. The molecule has 0 aliphatic rings. The average Bonchev–Trinajstić information content (AvgIpc) is 2.43. The fourth-order valence-electron chi connectivity index (χ4n) is 1.67. The van der Waals surface area contributed by atoms with Crippen molar-refractivity contribution in [2.75, 3.05) is 5.32 Å². The van der Waals surface area contributed by atoms with E-state index in [9.17, 15) is 9.59 Å². The number of carbonyl (C=O) groups is 1. The van der Waals surface area contributed by atoms with Crippen molar-refractivity contribution in [1.29, 1.82) is 0 Å². The van der Waals surface area contributed by atoms with Crippen molar-refractivity contribution in [3.8, 4) is 12.3 Å². The van der Waals surface area contributed by atoms with Crippen molar-refractivity contribution in [2.45, 2.75) is 6.54 Å². The van der Waals surface area contributed by atoms with Crippen LogP contribution in [0.2, 0.25) is 0 Å². The number of rotatable bonds is 3. The number of carbonyl (C=O) groups excluding carboxylic acids is 1. The van der Waals surface area contributed by atoms with Crippen LogP contribution in [0.1, 0.15) is 5.56 Å². The standard InChI is InChI=1S/C15H11BrN2O2/c1-2-11-4-3-5-13(8-11)17-14(19)10-18-9-12(16)6-7-15(18)20/h1,3-9H,10H2,(H,17,19). The number of anilines is 1. The van der Waals surface area contributed by atoms with Gasteiger partial charge in [-0.3, -0.25) is 9.59 Å². The van der Waals surface area contributed by atoms with Gasteiger partial charge in [-0.2, -0.15) is 0 Å². The van der Waals surface area contributed by atoms with Gasteiger partial charge in [-0.05, 0) is 40.2 Å². The number of nitrogens with one attached hydrogen (secondary N) is 1. The third-order valence-electron chi connectivity index (χ3n) is 2.57. The van der Waals surface area contributed by atoms with Crippen molar-refractivity contribution in [1.82, 2.24) is 4.57 Å². The molecule has 1 aromatic carbocycles. The van der Waals surface area contributed by atoms with Gasteiger partial charge in [0.2, 0.25) is 5.91 Å². The second kappa shape index (κ2) is 6.22. The number of amides is 1. The summed E-state index contributed by atoms with van der Waals surface area (Å²) in [4.78, 5) is 23.5. The topological polar surface area (TPSA) is 51.1 Å². The maximum absolute atomic E-state index is 11.9. The Morgan fingerprint density at radius 2 is 2.15 bits per heavy atom. The first kappa shape index (κ1) is 14.1. The monoisotopic (exact) mass is 330 g/mol. The van der Waals surface area contributed by atoms with Crippen molar-refractivity contribution in [3.05, 3.63) is 63.0 Å². The molecule has 1 heterocycles. The molecule has 0 aliphatic carbocycles. The molecule has 0 unspecified atom stereocenters. The van der Waals surface area contributed by atoms with Crippen LogP contribution in [-0.2, 0) is 11.3 Å². The van der Waals surface area contributed by atoms with Crippen LogP contribution in [-0.4, -0.2) is 10.5 Å². The van der Waals surface area contributed by atoms with E-state index in [1.807, 2.05) is 0 Å². The molecule has 1 aromatic heterocycles. The van der Waals surface area contributed by atoms with Gasteiger partial charge in [-0.25, -0.2) is 0 Å².